The van der Waals surface area contributed by atoms with E-state index < -0.39 is 22.8 Å². The van der Waals surface area contributed by atoms with Gasteiger partial charge >= 0.3 is 5.97 Å². The Morgan fingerprint density at radius 3 is 2.61 bits per heavy atom. The van der Waals surface area contributed by atoms with Gasteiger partial charge in [-0.05, 0) is 31.2 Å². The molecule has 0 aliphatic rings. The standard InChI is InChI=1S/C19H14FN3O5/c1-12(27-17(24)11-8-13-4-2-3-5-16(13)20)18-21-22-19(28-18)14-6-9-15(10-7-14)23(25)26/h2-12H,1H3/b11-8+/t12-/m1/s1. The number of hydrogen-bond acceptors (Lipinski definition) is 7. The van der Waals surface area contributed by atoms with Gasteiger partial charge in [-0.1, -0.05) is 18.2 Å². The van der Waals surface area contributed by atoms with Gasteiger partial charge in [0.05, 0.1) is 4.92 Å². The zero-order chi connectivity index (χ0) is 20.1. The van der Waals surface area contributed by atoms with Gasteiger partial charge < -0.3 is 9.15 Å². The maximum atomic E-state index is 13.5. The van der Waals surface area contributed by atoms with Crippen LogP contribution in [0, 0.1) is 15.9 Å². The average Bonchev–Trinajstić information content (AvgIpc) is 3.18. The van der Waals surface area contributed by atoms with Crippen molar-refractivity contribution in [3.63, 3.8) is 0 Å². The molecule has 0 bridgehead atoms. The van der Waals surface area contributed by atoms with Gasteiger partial charge in [-0.3, -0.25) is 10.1 Å². The number of aromatic nitrogens is 2. The summed E-state index contributed by atoms with van der Waals surface area (Å²) in [4.78, 5) is 22.1. The lowest BCUT2D eigenvalue weighted by atomic mass is 10.2. The fourth-order valence-corrected chi connectivity index (χ4v) is 2.27. The number of rotatable bonds is 6. The first-order valence-corrected chi connectivity index (χ1v) is 8.15. The van der Waals surface area contributed by atoms with Gasteiger partial charge in [0.25, 0.3) is 11.6 Å². The van der Waals surface area contributed by atoms with E-state index in [-0.39, 0.29) is 23.0 Å². The Kier molecular flexibility index (Phi) is 5.54. The second-order valence-electron chi connectivity index (χ2n) is 5.68. The molecule has 1 aromatic heterocycles. The van der Waals surface area contributed by atoms with Gasteiger partial charge in [-0.25, -0.2) is 9.18 Å². The van der Waals surface area contributed by atoms with Crippen molar-refractivity contribution in [2.45, 2.75) is 13.0 Å². The summed E-state index contributed by atoms with van der Waals surface area (Å²) in [5, 5.41) is 18.4. The highest BCUT2D eigenvalue weighted by molar-refractivity contribution is 5.87. The summed E-state index contributed by atoms with van der Waals surface area (Å²) in [6, 6.07) is 11.6. The minimum atomic E-state index is -0.836. The van der Waals surface area contributed by atoms with Gasteiger partial charge in [-0.2, -0.15) is 0 Å². The molecule has 0 amide bonds. The Labute approximate surface area is 158 Å². The molecule has 0 N–H and O–H groups in total. The predicted octanol–water partition coefficient (Wildman–Crippen LogP) is 4.10. The van der Waals surface area contributed by atoms with Crippen LogP contribution in [0.5, 0.6) is 0 Å². The summed E-state index contributed by atoms with van der Waals surface area (Å²) in [5.41, 5.74) is 0.681. The largest absolute Gasteiger partial charge is 0.449 e. The molecule has 0 saturated heterocycles. The third-order valence-corrected chi connectivity index (χ3v) is 3.71. The molecule has 3 rings (SSSR count). The normalized spacial score (nSPS) is 12.1. The molecule has 2 aromatic carbocycles. The average molecular weight is 383 g/mol. The first kappa shape index (κ1) is 18.9. The van der Waals surface area contributed by atoms with Crippen molar-refractivity contribution in [2.75, 3.05) is 0 Å². The molecule has 8 nitrogen and oxygen atoms in total. The molecule has 1 heterocycles. The molecule has 1 atom stereocenters. The molecule has 0 unspecified atom stereocenters. The predicted molar refractivity (Wildman–Crippen MR) is 96.3 cm³/mol. The van der Waals surface area contributed by atoms with E-state index in [4.69, 9.17) is 9.15 Å². The van der Waals surface area contributed by atoms with Crippen LogP contribution in [0.1, 0.15) is 24.5 Å². The van der Waals surface area contributed by atoms with Crippen LogP contribution in [-0.2, 0) is 9.53 Å². The molecule has 0 spiro atoms. The lowest BCUT2D eigenvalue weighted by Crippen LogP contribution is -2.06. The van der Waals surface area contributed by atoms with Gasteiger partial charge in [0.1, 0.15) is 5.82 Å². The molecule has 3 aromatic rings. The third-order valence-electron chi connectivity index (χ3n) is 3.71. The van der Waals surface area contributed by atoms with Gasteiger partial charge in [-0.15, -0.1) is 10.2 Å². The number of carbonyl (C=O) groups is 1. The Balaban J connectivity index is 1.65. The fraction of sp³-hybridized carbons (Fsp3) is 0.105. The van der Waals surface area contributed by atoms with Crippen molar-refractivity contribution in [2.24, 2.45) is 0 Å². The van der Waals surface area contributed by atoms with E-state index in [9.17, 15) is 19.3 Å². The quantitative estimate of drug-likeness (QED) is 0.273. The SMILES string of the molecule is C[C@@H](OC(=O)/C=C/c1ccccc1F)c1nnc(-c2ccc([N+](=O)[O-])cc2)o1. The van der Waals surface area contributed by atoms with Crippen LogP contribution in [0.15, 0.2) is 59.0 Å². The number of nitro benzene ring substituents is 1. The molecule has 0 aliphatic heterocycles. The van der Waals surface area contributed by atoms with E-state index >= 15 is 0 Å². The summed E-state index contributed by atoms with van der Waals surface area (Å²) in [7, 11) is 0. The molecule has 142 valence electrons. The number of nitrogens with zero attached hydrogens (tertiary/aromatic N) is 3. The molecule has 0 radical (unpaired) electrons. The second-order valence-corrected chi connectivity index (χ2v) is 5.68. The topological polar surface area (TPSA) is 108 Å². The molecule has 9 heteroatoms. The smallest absolute Gasteiger partial charge is 0.331 e. The summed E-state index contributed by atoms with van der Waals surface area (Å²) >= 11 is 0. The lowest BCUT2D eigenvalue weighted by molar-refractivity contribution is -0.384. The number of ether oxygens (including phenoxy) is 1. The van der Waals surface area contributed by atoms with Crippen LogP contribution in [0.4, 0.5) is 10.1 Å². The molecule has 0 aliphatic carbocycles. The van der Waals surface area contributed by atoms with E-state index in [1.807, 2.05) is 0 Å². The highest BCUT2D eigenvalue weighted by Crippen LogP contribution is 2.24. The summed E-state index contributed by atoms with van der Waals surface area (Å²) < 4.78 is 24.2. The fourth-order valence-electron chi connectivity index (χ4n) is 2.27. The number of esters is 1. The van der Waals surface area contributed by atoms with E-state index in [2.05, 4.69) is 10.2 Å². The lowest BCUT2D eigenvalue weighted by Gasteiger charge is -2.06. The molecular formula is C19H14FN3O5. The number of carbonyl (C=O) groups excluding carboxylic acids is 1. The van der Waals surface area contributed by atoms with Gasteiger partial charge in [0.2, 0.25) is 5.89 Å². The first-order chi connectivity index (χ1) is 13.4. The molecule has 28 heavy (non-hydrogen) atoms. The van der Waals surface area contributed by atoms with E-state index in [0.29, 0.717) is 5.56 Å². The zero-order valence-electron chi connectivity index (χ0n) is 14.6. The molecular weight excluding hydrogens is 369 g/mol. The van der Waals surface area contributed by atoms with Crippen molar-refractivity contribution in [1.82, 2.24) is 10.2 Å². The van der Waals surface area contributed by atoms with Crippen LogP contribution in [0.3, 0.4) is 0 Å². The van der Waals surface area contributed by atoms with Crippen molar-refractivity contribution in [3.8, 4) is 11.5 Å². The summed E-state index contributed by atoms with van der Waals surface area (Å²) in [6.45, 7) is 1.54. The Bertz CT molecular complexity index is 1030. The maximum absolute atomic E-state index is 13.5. The van der Waals surface area contributed by atoms with Crippen LogP contribution >= 0.6 is 0 Å². The number of benzene rings is 2. The van der Waals surface area contributed by atoms with Crippen molar-refractivity contribution in [3.05, 3.63) is 82.0 Å². The highest BCUT2D eigenvalue weighted by Gasteiger charge is 2.18. The molecule has 0 fully saturated rings. The van der Waals surface area contributed by atoms with Crippen LogP contribution in [0.2, 0.25) is 0 Å². The maximum Gasteiger partial charge on any atom is 0.331 e. The number of nitro groups is 1. The van der Waals surface area contributed by atoms with Crippen molar-refractivity contribution in [1.29, 1.82) is 0 Å². The second kappa shape index (κ2) is 8.21. The van der Waals surface area contributed by atoms with Crippen molar-refractivity contribution < 1.29 is 23.3 Å². The van der Waals surface area contributed by atoms with E-state index in [0.717, 1.165) is 6.08 Å². The molecule has 0 saturated carbocycles. The number of hydrogen-bond donors (Lipinski definition) is 0. The summed E-state index contributed by atoms with van der Waals surface area (Å²) in [6.07, 6.45) is 1.57. The zero-order valence-corrected chi connectivity index (χ0v) is 14.6. The summed E-state index contributed by atoms with van der Waals surface area (Å²) in [5.74, 6) is -0.967. The van der Waals surface area contributed by atoms with E-state index in [1.165, 1.54) is 42.5 Å². The van der Waals surface area contributed by atoms with Gasteiger partial charge in [0.15, 0.2) is 6.10 Å². The Morgan fingerprint density at radius 1 is 1.21 bits per heavy atom. The van der Waals surface area contributed by atoms with Crippen LogP contribution in [0.25, 0.3) is 17.5 Å². The third kappa shape index (κ3) is 4.44. The Hall–Kier alpha value is -3.88. The van der Waals surface area contributed by atoms with Gasteiger partial charge in [0, 0.05) is 29.3 Å². The Morgan fingerprint density at radius 2 is 1.93 bits per heavy atom. The number of halogens is 1. The minimum absolute atomic E-state index is 0.0565. The van der Waals surface area contributed by atoms with Crippen LogP contribution < -0.4 is 0 Å². The first-order valence-electron chi connectivity index (χ1n) is 8.15. The highest BCUT2D eigenvalue weighted by atomic mass is 19.1. The van der Waals surface area contributed by atoms with E-state index in [1.54, 1.807) is 19.1 Å². The van der Waals surface area contributed by atoms with Crippen molar-refractivity contribution >= 4 is 17.7 Å². The number of non-ortho nitro benzene ring substituents is 1. The van der Waals surface area contributed by atoms with Crippen LogP contribution in [-0.4, -0.2) is 21.1 Å². The monoisotopic (exact) mass is 383 g/mol. The minimum Gasteiger partial charge on any atom is -0.449 e.